The van der Waals surface area contributed by atoms with Crippen molar-refractivity contribution in [1.82, 2.24) is 0 Å². The van der Waals surface area contributed by atoms with Crippen LogP contribution in [0, 0.1) is 5.41 Å². The minimum absolute atomic E-state index is 0.415. The largest absolute Gasteiger partial charge is 0.391 e. The highest BCUT2D eigenvalue weighted by molar-refractivity contribution is 6.79. The van der Waals surface area contributed by atoms with E-state index in [1.165, 1.54) is 18.0 Å². The second-order valence-corrected chi connectivity index (χ2v) is 9.50. The molecule has 0 N–H and O–H groups in total. The van der Waals surface area contributed by atoms with Gasteiger partial charge in [-0.3, -0.25) is 0 Å². The summed E-state index contributed by atoms with van der Waals surface area (Å²) in [5, 5.41) is 1.22. The zero-order chi connectivity index (χ0) is 15.9. The van der Waals surface area contributed by atoms with Crippen molar-refractivity contribution in [3.8, 4) is 0 Å². The molecule has 0 saturated carbocycles. The van der Waals surface area contributed by atoms with Crippen LogP contribution in [0.4, 0.5) is 0 Å². The summed E-state index contributed by atoms with van der Waals surface area (Å²) in [6.07, 6.45) is 4.50. The van der Waals surface area contributed by atoms with E-state index < -0.39 is 8.56 Å². The monoisotopic (exact) mass is 322 g/mol. The third kappa shape index (κ3) is 4.41. The Labute approximate surface area is 136 Å². The molecule has 1 aromatic carbocycles. The lowest BCUT2D eigenvalue weighted by molar-refractivity contribution is -0.121. The van der Waals surface area contributed by atoms with E-state index in [0.717, 1.165) is 39.3 Å². The standard InChI is InChI=1S/C18H30O3Si/c1-4-13-20-22(3,17-10-7-6-8-11-17)21-14-9-12-18(5-2)15-19-16-18/h6-8,10-11H,4-5,9,12-16H2,1-3H3. The van der Waals surface area contributed by atoms with Crippen LogP contribution in [0.3, 0.4) is 0 Å². The highest BCUT2D eigenvalue weighted by Gasteiger charge is 2.37. The zero-order valence-electron chi connectivity index (χ0n) is 14.3. The fraction of sp³-hybridized carbons (Fsp3) is 0.667. The Hall–Kier alpha value is -0.683. The van der Waals surface area contributed by atoms with Gasteiger partial charge in [0.1, 0.15) is 0 Å². The van der Waals surface area contributed by atoms with Crippen LogP contribution < -0.4 is 5.19 Å². The molecule has 0 amide bonds. The maximum atomic E-state index is 6.30. The molecule has 22 heavy (non-hydrogen) atoms. The maximum absolute atomic E-state index is 6.30. The van der Waals surface area contributed by atoms with E-state index in [2.05, 4.69) is 44.7 Å². The van der Waals surface area contributed by atoms with Crippen molar-refractivity contribution in [1.29, 1.82) is 0 Å². The van der Waals surface area contributed by atoms with Crippen LogP contribution in [0.2, 0.25) is 6.55 Å². The Kier molecular flexibility index (Phi) is 6.62. The molecule has 1 atom stereocenters. The van der Waals surface area contributed by atoms with E-state index in [0.29, 0.717) is 5.41 Å². The van der Waals surface area contributed by atoms with Gasteiger partial charge in [-0.1, -0.05) is 44.2 Å². The lowest BCUT2D eigenvalue weighted by Gasteiger charge is -2.41. The molecule has 1 aliphatic rings. The molecule has 3 nitrogen and oxygen atoms in total. The summed E-state index contributed by atoms with van der Waals surface area (Å²) >= 11 is 0. The number of hydrogen-bond acceptors (Lipinski definition) is 3. The Morgan fingerprint density at radius 1 is 1.09 bits per heavy atom. The summed E-state index contributed by atoms with van der Waals surface area (Å²) in [6.45, 7) is 9.96. The van der Waals surface area contributed by atoms with Crippen LogP contribution in [0.15, 0.2) is 30.3 Å². The smallest absolute Gasteiger partial charge is 0.369 e. The van der Waals surface area contributed by atoms with Crippen molar-refractivity contribution in [2.75, 3.05) is 26.4 Å². The number of ether oxygens (including phenoxy) is 1. The van der Waals surface area contributed by atoms with E-state index in [9.17, 15) is 0 Å². The van der Waals surface area contributed by atoms with Gasteiger partial charge in [0.2, 0.25) is 0 Å². The lowest BCUT2D eigenvalue weighted by atomic mass is 9.79. The molecule has 0 aromatic heterocycles. The number of hydrogen-bond donors (Lipinski definition) is 0. The summed E-state index contributed by atoms with van der Waals surface area (Å²) in [4.78, 5) is 0. The van der Waals surface area contributed by atoms with Gasteiger partial charge in [0.15, 0.2) is 0 Å². The molecule has 0 radical (unpaired) electrons. The summed E-state index contributed by atoms with van der Waals surface area (Å²) in [6, 6.07) is 10.4. The Balaban J connectivity index is 1.87. The zero-order valence-corrected chi connectivity index (χ0v) is 15.3. The van der Waals surface area contributed by atoms with Gasteiger partial charge in [-0.25, -0.2) is 0 Å². The minimum Gasteiger partial charge on any atom is -0.391 e. The Morgan fingerprint density at radius 3 is 2.32 bits per heavy atom. The molecule has 124 valence electrons. The normalized spacial score (nSPS) is 19.4. The Bertz CT molecular complexity index is 428. The van der Waals surface area contributed by atoms with Crippen molar-refractivity contribution < 1.29 is 13.6 Å². The van der Waals surface area contributed by atoms with Crippen LogP contribution in [0.5, 0.6) is 0 Å². The van der Waals surface area contributed by atoms with Crippen molar-refractivity contribution in [2.45, 2.75) is 46.1 Å². The van der Waals surface area contributed by atoms with Crippen LogP contribution in [-0.4, -0.2) is 35.0 Å². The molecule has 1 fully saturated rings. The van der Waals surface area contributed by atoms with Gasteiger partial charge < -0.3 is 13.6 Å². The molecule has 1 aliphatic heterocycles. The molecule has 2 rings (SSSR count). The highest BCUT2D eigenvalue weighted by Crippen LogP contribution is 2.36. The predicted molar refractivity (Wildman–Crippen MR) is 92.7 cm³/mol. The van der Waals surface area contributed by atoms with Gasteiger partial charge >= 0.3 is 8.56 Å². The third-order valence-corrected chi connectivity index (χ3v) is 7.57. The van der Waals surface area contributed by atoms with Gasteiger partial charge in [0.25, 0.3) is 0 Å². The van der Waals surface area contributed by atoms with Crippen molar-refractivity contribution >= 4 is 13.7 Å². The second-order valence-electron chi connectivity index (χ2n) is 6.46. The molecule has 4 heteroatoms. The quantitative estimate of drug-likeness (QED) is 0.486. The first-order valence-electron chi connectivity index (χ1n) is 8.55. The summed E-state index contributed by atoms with van der Waals surface area (Å²) in [5.74, 6) is 0. The molecule has 1 saturated heterocycles. The van der Waals surface area contributed by atoms with Gasteiger partial charge in [-0.2, -0.15) is 0 Å². The van der Waals surface area contributed by atoms with Gasteiger partial charge in [0.05, 0.1) is 13.2 Å². The fourth-order valence-corrected chi connectivity index (χ4v) is 5.22. The van der Waals surface area contributed by atoms with Crippen LogP contribution in [0.1, 0.15) is 39.5 Å². The van der Waals surface area contributed by atoms with Crippen molar-refractivity contribution in [3.05, 3.63) is 30.3 Å². The van der Waals surface area contributed by atoms with Crippen LogP contribution >= 0.6 is 0 Å². The molecule has 1 aromatic rings. The topological polar surface area (TPSA) is 27.7 Å². The van der Waals surface area contributed by atoms with Crippen LogP contribution in [0.25, 0.3) is 0 Å². The summed E-state index contributed by atoms with van der Waals surface area (Å²) in [7, 11) is -2.28. The van der Waals surface area contributed by atoms with Crippen molar-refractivity contribution in [3.63, 3.8) is 0 Å². The average Bonchev–Trinajstić information content (AvgIpc) is 2.52. The first-order chi connectivity index (χ1) is 10.6. The number of rotatable bonds is 10. The second kappa shape index (κ2) is 8.25. The summed E-state index contributed by atoms with van der Waals surface area (Å²) < 4.78 is 17.9. The van der Waals surface area contributed by atoms with Gasteiger partial charge in [-0.05, 0) is 37.4 Å². The third-order valence-electron chi connectivity index (χ3n) is 4.68. The SMILES string of the molecule is CCCO[Si](C)(OCCCC1(CC)COC1)c1ccccc1. The van der Waals surface area contributed by atoms with Gasteiger partial charge in [-0.15, -0.1) is 0 Å². The fourth-order valence-electron chi connectivity index (χ4n) is 2.88. The predicted octanol–water partition coefficient (Wildman–Crippen LogP) is 3.62. The van der Waals surface area contributed by atoms with E-state index in [-0.39, 0.29) is 0 Å². The van der Waals surface area contributed by atoms with E-state index >= 15 is 0 Å². The van der Waals surface area contributed by atoms with E-state index in [1.807, 2.05) is 6.07 Å². The van der Waals surface area contributed by atoms with Crippen molar-refractivity contribution in [2.24, 2.45) is 5.41 Å². The molecule has 0 aliphatic carbocycles. The average molecular weight is 323 g/mol. The lowest BCUT2D eigenvalue weighted by Crippen LogP contribution is -2.51. The number of benzene rings is 1. The molecule has 1 unspecified atom stereocenters. The molecular formula is C18H30O3Si. The molecule has 0 bridgehead atoms. The molecule has 0 spiro atoms. The van der Waals surface area contributed by atoms with Gasteiger partial charge in [0, 0.05) is 18.6 Å². The van der Waals surface area contributed by atoms with Crippen LogP contribution in [-0.2, 0) is 13.6 Å². The molecular weight excluding hydrogens is 292 g/mol. The van der Waals surface area contributed by atoms with E-state index in [1.54, 1.807) is 0 Å². The molecule has 1 heterocycles. The first kappa shape index (κ1) is 17.7. The first-order valence-corrected chi connectivity index (χ1v) is 10.9. The minimum atomic E-state index is -2.28. The maximum Gasteiger partial charge on any atom is 0.369 e. The van der Waals surface area contributed by atoms with E-state index in [4.69, 9.17) is 13.6 Å². The Morgan fingerprint density at radius 2 is 1.77 bits per heavy atom. The highest BCUT2D eigenvalue weighted by atomic mass is 28.4. The summed E-state index contributed by atoms with van der Waals surface area (Å²) in [5.41, 5.74) is 0.415.